The van der Waals surface area contributed by atoms with Gasteiger partial charge in [-0.15, -0.1) is 0 Å². The lowest BCUT2D eigenvalue weighted by molar-refractivity contribution is -0.128. The first kappa shape index (κ1) is 25.0. The molecule has 1 aliphatic rings. The monoisotopic (exact) mass is 486 g/mol. The third kappa shape index (κ3) is 6.10. The molecule has 7 heteroatoms. The Hall–Kier alpha value is -4.13. The van der Waals surface area contributed by atoms with Crippen LogP contribution >= 0.6 is 0 Å². The first-order valence-corrected chi connectivity index (χ1v) is 11.9. The molecule has 0 bridgehead atoms. The molecule has 36 heavy (non-hydrogen) atoms. The molecule has 7 nitrogen and oxygen atoms in total. The number of rotatable bonds is 8. The lowest BCUT2D eigenvalue weighted by atomic mass is 10.1. The number of likely N-dealkylation sites (tertiary alicyclic amines) is 1. The van der Waals surface area contributed by atoms with E-state index in [1.807, 2.05) is 19.9 Å². The molecule has 0 atom stereocenters. The van der Waals surface area contributed by atoms with E-state index in [-0.39, 0.29) is 11.8 Å². The Balaban J connectivity index is 1.55. The molecule has 0 unspecified atom stereocenters. The Morgan fingerprint density at radius 3 is 2.28 bits per heavy atom. The number of esters is 1. The van der Waals surface area contributed by atoms with E-state index in [9.17, 15) is 14.4 Å². The van der Waals surface area contributed by atoms with Gasteiger partial charge in [0, 0.05) is 37.2 Å². The zero-order valence-corrected chi connectivity index (χ0v) is 20.8. The molecule has 0 radical (unpaired) electrons. The normalized spacial score (nSPS) is 13.0. The molecule has 0 saturated carbocycles. The molecule has 186 valence electrons. The SMILES string of the molecule is COC(=O)c1ccc(Oc2cc(C(=O)NCc3cc(C)cc(C)c3)ccc2CN2CCCC2=O)cc1. The van der Waals surface area contributed by atoms with Crippen molar-refractivity contribution in [2.45, 2.75) is 39.8 Å². The first-order chi connectivity index (χ1) is 17.3. The maximum Gasteiger partial charge on any atom is 0.337 e. The van der Waals surface area contributed by atoms with Crippen LogP contribution in [0.4, 0.5) is 0 Å². The lowest BCUT2D eigenvalue weighted by Crippen LogP contribution is -2.25. The summed E-state index contributed by atoms with van der Waals surface area (Å²) >= 11 is 0. The van der Waals surface area contributed by atoms with Gasteiger partial charge >= 0.3 is 5.97 Å². The van der Waals surface area contributed by atoms with Crippen molar-refractivity contribution in [1.82, 2.24) is 10.2 Å². The number of benzene rings is 3. The maximum atomic E-state index is 13.0. The zero-order valence-electron chi connectivity index (χ0n) is 20.8. The van der Waals surface area contributed by atoms with Gasteiger partial charge in [0.1, 0.15) is 11.5 Å². The summed E-state index contributed by atoms with van der Waals surface area (Å²) < 4.78 is 10.9. The second-order valence-electron chi connectivity index (χ2n) is 9.04. The van der Waals surface area contributed by atoms with E-state index in [4.69, 9.17) is 9.47 Å². The van der Waals surface area contributed by atoms with Crippen molar-refractivity contribution in [3.63, 3.8) is 0 Å². The molecule has 3 aromatic rings. The van der Waals surface area contributed by atoms with Gasteiger partial charge in [-0.3, -0.25) is 9.59 Å². The van der Waals surface area contributed by atoms with Crippen LogP contribution in [0, 0.1) is 13.8 Å². The molecule has 4 rings (SSSR count). The van der Waals surface area contributed by atoms with E-state index in [0.717, 1.165) is 28.7 Å². The molecule has 1 fully saturated rings. The van der Waals surface area contributed by atoms with Gasteiger partial charge < -0.3 is 19.7 Å². The summed E-state index contributed by atoms with van der Waals surface area (Å²) in [6.45, 7) is 5.58. The Bertz CT molecular complexity index is 1260. The smallest absolute Gasteiger partial charge is 0.337 e. The van der Waals surface area contributed by atoms with Crippen molar-refractivity contribution in [2.75, 3.05) is 13.7 Å². The van der Waals surface area contributed by atoms with Gasteiger partial charge in [0.15, 0.2) is 0 Å². The molecule has 3 aromatic carbocycles. The fourth-order valence-corrected chi connectivity index (χ4v) is 4.36. The highest BCUT2D eigenvalue weighted by molar-refractivity contribution is 5.94. The average molecular weight is 487 g/mol. The van der Waals surface area contributed by atoms with Crippen LogP contribution in [-0.2, 0) is 22.6 Å². The van der Waals surface area contributed by atoms with Crippen LogP contribution in [0.3, 0.4) is 0 Å². The van der Waals surface area contributed by atoms with Crippen molar-refractivity contribution in [3.8, 4) is 11.5 Å². The number of ether oxygens (including phenoxy) is 2. The van der Waals surface area contributed by atoms with E-state index in [1.54, 1.807) is 41.3 Å². The third-order valence-corrected chi connectivity index (χ3v) is 6.10. The van der Waals surface area contributed by atoms with Crippen LogP contribution in [0.25, 0.3) is 0 Å². The van der Waals surface area contributed by atoms with E-state index in [2.05, 4.69) is 23.5 Å². The summed E-state index contributed by atoms with van der Waals surface area (Å²) in [5.41, 5.74) is 4.99. The molecule has 0 aliphatic carbocycles. The van der Waals surface area contributed by atoms with Gasteiger partial charge in [-0.25, -0.2) is 4.79 Å². The van der Waals surface area contributed by atoms with E-state index >= 15 is 0 Å². The molecule has 0 aromatic heterocycles. The molecule has 1 saturated heterocycles. The second-order valence-corrected chi connectivity index (χ2v) is 9.04. The molecule has 0 spiro atoms. The number of amides is 2. The summed E-state index contributed by atoms with van der Waals surface area (Å²) in [5, 5.41) is 2.98. The largest absolute Gasteiger partial charge is 0.465 e. The third-order valence-electron chi connectivity index (χ3n) is 6.10. The van der Waals surface area contributed by atoms with E-state index in [1.165, 1.54) is 7.11 Å². The number of nitrogens with zero attached hydrogens (tertiary/aromatic N) is 1. The van der Waals surface area contributed by atoms with Crippen molar-refractivity contribution in [2.24, 2.45) is 0 Å². The molecule has 1 aliphatic heterocycles. The fraction of sp³-hybridized carbons (Fsp3) is 0.276. The molecular weight excluding hydrogens is 456 g/mol. The Kier molecular flexibility index (Phi) is 7.68. The number of carbonyl (C=O) groups is 3. The predicted octanol–water partition coefficient (Wildman–Crippen LogP) is 4.93. The van der Waals surface area contributed by atoms with E-state index < -0.39 is 5.97 Å². The highest BCUT2D eigenvalue weighted by atomic mass is 16.5. The highest BCUT2D eigenvalue weighted by Gasteiger charge is 2.22. The number of hydrogen-bond acceptors (Lipinski definition) is 5. The van der Waals surface area contributed by atoms with Crippen molar-refractivity contribution in [1.29, 1.82) is 0 Å². The van der Waals surface area contributed by atoms with Gasteiger partial charge in [0.2, 0.25) is 5.91 Å². The molecular formula is C29H30N2O5. The minimum atomic E-state index is -0.433. The number of aryl methyl sites for hydroxylation is 2. The van der Waals surface area contributed by atoms with Crippen LogP contribution in [-0.4, -0.2) is 36.3 Å². The van der Waals surface area contributed by atoms with Gasteiger partial charge in [0.25, 0.3) is 5.91 Å². The zero-order chi connectivity index (χ0) is 25.7. The van der Waals surface area contributed by atoms with Crippen molar-refractivity contribution < 1.29 is 23.9 Å². The van der Waals surface area contributed by atoms with Gasteiger partial charge in [-0.1, -0.05) is 35.4 Å². The van der Waals surface area contributed by atoms with Gasteiger partial charge in [0.05, 0.1) is 12.7 Å². The predicted molar refractivity (Wildman–Crippen MR) is 136 cm³/mol. The van der Waals surface area contributed by atoms with Crippen LogP contribution in [0.1, 0.15) is 55.8 Å². The Labute approximate surface area is 211 Å². The minimum Gasteiger partial charge on any atom is -0.465 e. The molecule has 2 amide bonds. The van der Waals surface area contributed by atoms with Crippen LogP contribution in [0.15, 0.2) is 60.7 Å². The lowest BCUT2D eigenvalue weighted by Gasteiger charge is -2.19. The standard InChI is InChI=1S/C29H30N2O5/c1-19-13-20(2)15-21(14-19)17-30-28(33)23-6-7-24(18-31-12-4-5-27(31)32)26(16-23)36-25-10-8-22(9-11-25)29(34)35-3/h6-11,13-16H,4-5,12,17-18H2,1-3H3,(H,30,33). The molecule has 1 N–H and O–H groups in total. The summed E-state index contributed by atoms with van der Waals surface area (Å²) in [6.07, 6.45) is 1.38. The quantitative estimate of drug-likeness (QED) is 0.456. The topological polar surface area (TPSA) is 84.9 Å². The second kappa shape index (κ2) is 11.1. The average Bonchev–Trinajstić information content (AvgIpc) is 3.27. The van der Waals surface area contributed by atoms with Gasteiger partial charge in [-0.2, -0.15) is 0 Å². The summed E-state index contributed by atoms with van der Waals surface area (Å²) in [6, 6.07) is 18.0. The van der Waals surface area contributed by atoms with Crippen molar-refractivity contribution in [3.05, 3.63) is 94.0 Å². The number of hydrogen-bond donors (Lipinski definition) is 1. The van der Waals surface area contributed by atoms with Crippen LogP contribution in [0.5, 0.6) is 11.5 Å². The first-order valence-electron chi connectivity index (χ1n) is 11.9. The fourth-order valence-electron chi connectivity index (χ4n) is 4.36. The van der Waals surface area contributed by atoms with Crippen molar-refractivity contribution >= 4 is 17.8 Å². The van der Waals surface area contributed by atoms with Gasteiger partial charge in [-0.05, 0) is 62.2 Å². The summed E-state index contributed by atoms with van der Waals surface area (Å²) in [5.74, 6) is 0.448. The molecule has 1 heterocycles. The Morgan fingerprint density at radius 1 is 0.944 bits per heavy atom. The maximum absolute atomic E-state index is 13.0. The number of nitrogens with one attached hydrogen (secondary N) is 1. The van der Waals surface area contributed by atoms with Crippen LogP contribution in [0.2, 0.25) is 0 Å². The minimum absolute atomic E-state index is 0.110. The number of methoxy groups -OCH3 is 1. The Morgan fingerprint density at radius 2 is 1.64 bits per heavy atom. The highest BCUT2D eigenvalue weighted by Crippen LogP contribution is 2.29. The summed E-state index contributed by atoms with van der Waals surface area (Å²) in [7, 11) is 1.33. The summed E-state index contributed by atoms with van der Waals surface area (Å²) in [4.78, 5) is 38.7. The van der Waals surface area contributed by atoms with E-state index in [0.29, 0.717) is 48.7 Å². The van der Waals surface area contributed by atoms with Crippen LogP contribution < -0.4 is 10.1 Å². The number of carbonyl (C=O) groups excluding carboxylic acids is 3.